The quantitative estimate of drug-likeness (QED) is 0.413. The number of ether oxygens (including phenoxy) is 1. The van der Waals surface area contributed by atoms with Crippen LogP contribution >= 0.6 is 11.3 Å². The molecule has 1 N–H and O–H groups in total. The molecule has 1 aromatic carbocycles. The van der Waals surface area contributed by atoms with E-state index in [1.807, 2.05) is 30.8 Å². The van der Waals surface area contributed by atoms with Gasteiger partial charge in [-0.2, -0.15) is 0 Å². The van der Waals surface area contributed by atoms with Crippen molar-refractivity contribution in [2.75, 3.05) is 31.6 Å². The summed E-state index contributed by atoms with van der Waals surface area (Å²) >= 11 is 4.02. The molecular formula is C22H22AsN7OS. The first kappa shape index (κ1) is 21.4. The third-order valence-electron chi connectivity index (χ3n) is 5.55. The van der Waals surface area contributed by atoms with E-state index >= 15 is 0 Å². The van der Waals surface area contributed by atoms with Gasteiger partial charge in [0.15, 0.2) is 0 Å². The number of fused-ring (bicyclic) bond motifs is 1. The Labute approximate surface area is 199 Å². The van der Waals surface area contributed by atoms with Gasteiger partial charge in [-0.1, -0.05) is 0 Å². The summed E-state index contributed by atoms with van der Waals surface area (Å²) in [6.45, 7) is 7.41. The fraction of sp³-hybridized carbons (Fsp3) is 0.318. The van der Waals surface area contributed by atoms with Crippen molar-refractivity contribution in [3.63, 3.8) is 0 Å². The topological polar surface area (TPSA) is 89.0 Å². The third-order valence-corrected chi connectivity index (χ3v) is 6.78. The van der Waals surface area contributed by atoms with E-state index in [2.05, 4.69) is 66.1 Å². The minimum absolute atomic E-state index is 0.213. The Morgan fingerprint density at radius 1 is 1.12 bits per heavy atom. The summed E-state index contributed by atoms with van der Waals surface area (Å²) < 4.78 is 7.29. The molecule has 0 spiro atoms. The molecule has 32 heavy (non-hydrogen) atoms. The van der Waals surface area contributed by atoms with E-state index in [1.54, 1.807) is 11.3 Å². The number of aryl methyl sites for hydroxylation is 1. The van der Waals surface area contributed by atoms with Crippen molar-refractivity contribution < 1.29 is 4.74 Å². The van der Waals surface area contributed by atoms with Crippen LogP contribution in [-0.4, -0.2) is 73.0 Å². The molecule has 4 aromatic rings. The summed E-state index contributed by atoms with van der Waals surface area (Å²) in [6, 6.07) is 8.49. The average Bonchev–Trinajstić information content (AvgIpc) is 3.27. The molecule has 1 atom stereocenters. The third kappa shape index (κ3) is 4.52. The second-order valence-electron chi connectivity index (χ2n) is 7.66. The number of pyridine rings is 1. The van der Waals surface area contributed by atoms with E-state index in [0.29, 0.717) is 22.1 Å². The average molecular weight is 507 g/mol. The van der Waals surface area contributed by atoms with E-state index in [0.717, 1.165) is 53.3 Å². The van der Waals surface area contributed by atoms with Gasteiger partial charge < -0.3 is 0 Å². The van der Waals surface area contributed by atoms with Crippen LogP contribution in [0.2, 0.25) is 0 Å². The van der Waals surface area contributed by atoms with Gasteiger partial charge >= 0.3 is 199 Å². The SMILES string of the molecule is Cc1nc([As])nc(-c2cc(C(C)N3CCOCC3)cnc2Nc2ccc3scnc3c2)n1. The molecule has 1 fully saturated rings. The number of morpholine rings is 1. The zero-order valence-electron chi connectivity index (χ0n) is 17.8. The summed E-state index contributed by atoms with van der Waals surface area (Å²) in [4.78, 5) is 25.1. The monoisotopic (exact) mass is 507 g/mol. The molecule has 1 unspecified atom stereocenters. The molecule has 1 aliphatic rings. The van der Waals surface area contributed by atoms with Crippen molar-refractivity contribution in [2.45, 2.75) is 19.9 Å². The Kier molecular flexibility index (Phi) is 6.15. The molecule has 5 rings (SSSR count). The fourth-order valence-corrected chi connectivity index (χ4v) is 4.98. The van der Waals surface area contributed by atoms with Gasteiger partial charge in [0.2, 0.25) is 0 Å². The van der Waals surface area contributed by atoms with Crippen LogP contribution in [0.3, 0.4) is 0 Å². The summed E-state index contributed by atoms with van der Waals surface area (Å²) in [6.07, 6.45) is 1.93. The first-order valence-corrected chi connectivity index (χ1v) is 12.2. The van der Waals surface area contributed by atoms with Gasteiger partial charge in [0.1, 0.15) is 0 Å². The maximum absolute atomic E-state index is 5.51. The van der Waals surface area contributed by atoms with Gasteiger partial charge in [-0.15, -0.1) is 0 Å². The van der Waals surface area contributed by atoms with Gasteiger partial charge in [0, 0.05) is 0 Å². The van der Waals surface area contributed by atoms with E-state index in [4.69, 9.17) is 9.72 Å². The number of nitrogens with one attached hydrogen (secondary N) is 1. The molecule has 8 nitrogen and oxygen atoms in total. The van der Waals surface area contributed by atoms with Crippen LogP contribution in [-0.2, 0) is 4.74 Å². The Hall–Kier alpha value is -2.45. The molecule has 10 heteroatoms. The van der Waals surface area contributed by atoms with Gasteiger partial charge in [-0.05, 0) is 0 Å². The Balaban J connectivity index is 1.55. The molecule has 0 bridgehead atoms. The molecule has 0 aliphatic carbocycles. The standard InChI is InChI=1S/C22H22AsN7OS/c1-13(30-5-7-31-8-6-30)15-9-17(21-26-14(2)27-22(23)29-21)20(24-11-15)28-16-3-4-19-18(10-16)25-12-32-19/h3-4,9-13H,5-8H2,1-2H3,(H,24,28). The first-order valence-electron chi connectivity index (χ1n) is 10.4. The first-order chi connectivity index (χ1) is 15.6. The molecule has 3 aromatic heterocycles. The van der Waals surface area contributed by atoms with Crippen LogP contribution in [0.5, 0.6) is 0 Å². The van der Waals surface area contributed by atoms with E-state index in [1.165, 1.54) is 0 Å². The van der Waals surface area contributed by atoms with Crippen LogP contribution in [0.25, 0.3) is 21.6 Å². The predicted molar refractivity (Wildman–Crippen MR) is 127 cm³/mol. The van der Waals surface area contributed by atoms with Crippen LogP contribution in [0.4, 0.5) is 11.5 Å². The Bertz CT molecular complexity index is 1240. The normalized spacial score (nSPS) is 15.7. The summed E-state index contributed by atoms with van der Waals surface area (Å²) in [5, 5.41) is 3.45. The molecule has 1 aliphatic heterocycles. The number of hydrogen-bond donors (Lipinski definition) is 1. The van der Waals surface area contributed by atoms with Gasteiger partial charge in [-0.3, -0.25) is 0 Å². The van der Waals surface area contributed by atoms with Crippen LogP contribution in [0.15, 0.2) is 36.0 Å². The molecule has 1 saturated heterocycles. The predicted octanol–water partition coefficient (Wildman–Crippen LogP) is 2.78. The number of hydrogen-bond acceptors (Lipinski definition) is 9. The van der Waals surface area contributed by atoms with E-state index in [-0.39, 0.29) is 6.04 Å². The number of aromatic nitrogens is 5. The van der Waals surface area contributed by atoms with E-state index < -0.39 is 0 Å². The van der Waals surface area contributed by atoms with Gasteiger partial charge in [0.05, 0.1) is 0 Å². The summed E-state index contributed by atoms with van der Waals surface area (Å²) in [7, 11) is 0. The second-order valence-corrected chi connectivity index (χ2v) is 9.38. The van der Waals surface area contributed by atoms with Crippen molar-refractivity contribution in [3.05, 3.63) is 47.4 Å². The van der Waals surface area contributed by atoms with Crippen molar-refractivity contribution >= 4 is 54.5 Å². The molecule has 0 amide bonds. The second kappa shape index (κ2) is 9.19. The number of nitrogens with zero attached hydrogens (tertiary/aromatic N) is 6. The number of benzene rings is 1. The number of rotatable bonds is 5. The molecule has 2 radical (unpaired) electrons. The zero-order chi connectivity index (χ0) is 22.1. The van der Waals surface area contributed by atoms with Crippen molar-refractivity contribution in [2.24, 2.45) is 0 Å². The Morgan fingerprint density at radius 3 is 2.78 bits per heavy atom. The zero-order valence-corrected chi connectivity index (χ0v) is 20.5. The van der Waals surface area contributed by atoms with E-state index in [9.17, 15) is 0 Å². The number of anilines is 2. The van der Waals surface area contributed by atoms with Crippen molar-refractivity contribution in [3.8, 4) is 11.4 Å². The molecule has 162 valence electrons. The van der Waals surface area contributed by atoms with Crippen LogP contribution < -0.4 is 9.93 Å². The summed E-state index contributed by atoms with van der Waals surface area (Å²) in [5.74, 6) is 1.98. The Morgan fingerprint density at radius 2 is 1.97 bits per heavy atom. The van der Waals surface area contributed by atoms with Gasteiger partial charge in [-0.25, -0.2) is 0 Å². The van der Waals surface area contributed by atoms with Crippen molar-refractivity contribution in [1.82, 2.24) is 29.8 Å². The van der Waals surface area contributed by atoms with Crippen molar-refractivity contribution in [1.29, 1.82) is 0 Å². The van der Waals surface area contributed by atoms with Gasteiger partial charge in [0.25, 0.3) is 0 Å². The molecule has 0 saturated carbocycles. The fourth-order valence-electron chi connectivity index (χ4n) is 3.82. The maximum atomic E-state index is 5.51. The minimum atomic E-state index is 0.213. The summed E-state index contributed by atoms with van der Waals surface area (Å²) in [5.41, 5.74) is 5.70. The van der Waals surface area contributed by atoms with Crippen LogP contribution in [0, 0.1) is 6.92 Å². The molecular weight excluding hydrogens is 485 g/mol. The molecule has 4 heterocycles. The van der Waals surface area contributed by atoms with Crippen LogP contribution in [0.1, 0.15) is 24.4 Å². The number of thiazole rings is 1.